The van der Waals surface area contributed by atoms with Gasteiger partial charge in [-0.3, -0.25) is 14.9 Å². The number of rotatable bonds is 6. The van der Waals surface area contributed by atoms with E-state index in [0.29, 0.717) is 4.90 Å². The Bertz CT molecular complexity index is 744. The lowest BCUT2D eigenvalue weighted by molar-refractivity contribution is -0.387. The monoisotopic (exact) mass is 344 g/mol. The smallest absolute Gasteiger partial charge is 0.283 e. The van der Waals surface area contributed by atoms with E-state index in [1.807, 2.05) is 31.2 Å². The summed E-state index contributed by atoms with van der Waals surface area (Å²) in [6, 6.07) is 12.4. The predicted octanol–water partition coefficient (Wildman–Crippen LogP) is 4.37. The zero-order valence-electron chi connectivity index (χ0n) is 13.9. The van der Waals surface area contributed by atoms with E-state index in [1.165, 1.54) is 23.4 Å². The minimum atomic E-state index is -0.463. The Hall–Kier alpha value is -2.34. The number of aryl methyl sites for hydroxylation is 1. The number of thioether (sulfide) groups is 1. The number of hydrogen-bond acceptors (Lipinski definition) is 4. The van der Waals surface area contributed by atoms with Gasteiger partial charge in [-0.05, 0) is 42.9 Å². The third-order valence-electron chi connectivity index (χ3n) is 3.87. The second-order valence-corrected chi connectivity index (χ2v) is 6.28. The largest absolute Gasteiger partial charge is 0.346 e. The summed E-state index contributed by atoms with van der Waals surface area (Å²) in [4.78, 5) is 23.6. The summed E-state index contributed by atoms with van der Waals surface area (Å²) >= 11 is 1.29. The van der Waals surface area contributed by atoms with Gasteiger partial charge >= 0.3 is 0 Å². The van der Waals surface area contributed by atoms with Crippen LogP contribution in [0.15, 0.2) is 47.4 Å². The number of carbonyl (C=O) groups is 1. The Kier molecular flexibility index (Phi) is 5.98. The van der Waals surface area contributed by atoms with Gasteiger partial charge in [-0.25, -0.2) is 0 Å². The molecule has 1 amide bonds. The summed E-state index contributed by atoms with van der Waals surface area (Å²) in [5.74, 6) is -0.321. The van der Waals surface area contributed by atoms with Crippen LogP contribution < -0.4 is 5.32 Å². The van der Waals surface area contributed by atoms with Crippen LogP contribution in [0.25, 0.3) is 0 Å². The first-order valence-corrected chi connectivity index (χ1v) is 8.90. The predicted molar refractivity (Wildman–Crippen MR) is 96.6 cm³/mol. The van der Waals surface area contributed by atoms with Crippen LogP contribution >= 0.6 is 11.8 Å². The van der Waals surface area contributed by atoms with Gasteiger partial charge in [-0.1, -0.05) is 31.2 Å². The Morgan fingerprint density at radius 3 is 2.46 bits per heavy atom. The summed E-state index contributed by atoms with van der Waals surface area (Å²) in [5, 5.41) is 14.0. The molecule has 6 heteroatoms. The molecule has 2 aromatic carbocycles. The molecule has 0 aliphatic rings. The number of benzene rings is 2. The molecule has 0 spiro atoms. The summed E-state index contributed by atoms with van der Waals surface area (Å²) in [5.41, 5.74) is 2.47. The first kappa shape index (κ1) is 18.0. The lowest BCUT2D eigenvalue weighted by Gasteiger charge is -2.15. The van der Waals surface area contributed by atoms with Gasteiger partial charge in [0.15, 0.2) is 0 Å². The maximum absolute atomic E-state index is 12.4. The molecule has 0 fully saturated rings. The molecule has 0 aliphatic heterocycles. The van der Waals surface area contributed by atoms with E-state index in [0.717, 1.165) is 12.0 Å². The van der Waals surface area contributed by atoms with E-state index >= 15 is 0 Å². The van der Waals surface area contributed by atoms with Gasteiger partial charge < -0.3 is 5.32 Å². The lowest BCUT2D eigenvalue weighted by atomic mass is 10.0. The second kappa shape index (κ2) is 7.97. The van der Waals surface area contributed by atoms with Crippen LogP contribution in [0.4, 0.5) is 5.69 Å². The molecule has 0 bridgehead atoms. The molecule has 2 aromatic rings. The molecule has 0 aromatic heterocycles. The highest BCUT2D eigenvalue weighted by Crippen LogP contribution is 2.28. The zero-order valence-corrected chi connectivity index (χ0v) is 14.7. The Morgan fingerprint density at radius 2 is 1.92 bits per heavy atom. The third kappa shape index (κ3) is 4.14. The van der Waals surface area contributed by atoms with Crippen LogP contribution in [0.5, 0.6) is 0 Å². The van der Waals surface area contributed by atoms with Gasteiger partial charge in [-0.2, -0.15) is 0 Å². The highest BCUT2D eigenvalue weighted by molar-refractivity contribution is 7.98. The van der Waals surface area contributed by atoms with Crippen molar-refractivity contribution in [2.75, 3.05) is 6.26 Å². The number of hydrogen-bond donors (Lipinski definition) is 1. The summed E-state index contributed by atoms with van der Waals surface area (Å²) in [7, 11) is 0. The molecule has 0 radical (unpaired) electrons. The number of nitro benzene ring substituents is 1. The Labute approximate surface area is 145 Å². The third-order valence-corrected chi connectivity index (χ3v) is 4.66. The van der Waals surface area contributed by atoms with E-state index < -0.39 is 4.92 Å². The van der Waals surface area contributed by atoms with Crippen LogP contribution in [0.2, 0.25) is 0 Å². The minimum Gasteiger partial charge on any atom is -0.346 e. The molecule has 0 aliphatic carbocycles. The van der Waals surface area contributed by atoms with Crippen molar-refractivity contribution in [1.82, 2.24) is 5.32 Å². The van der Waals surface area contributed by atoms with E-state index in [1.54, 1.807) is 18.4 Å². The maximum Gasteiger partial charge on any atom is 0.283 e. The number of amides is 1. The first-order valence-electron chi connectivity index (χ1n) is 7.68. The quantitative estimate of drug-likeness (QED) is 0.480. The Morgan fingerprint density at radius 1 is 1.25 bits per heavy atom. The Balaban J connectivity index is 2.16. The molecular weight excluding hydrogens is 324 g/mol. The van der Waals surface area contributed by atoms with Crippen molar-refractivity contribution in [3.8, 4) is 0 Å². The second-order valence-electron chi connectivity index (χ2n) is 5.43. The van der Waals surface area contributed by atoms with Gasteiger partial charge in [0.1, 0.15) is 0 Å². The molecule has 1 atom stereocenters. The molecule has 1 N–H and O–H groups in total. The standard InChI is InChI=1S/C18H20N2O3S/c1-4-13-5-7-14(8-6-13)12(2)19-18(21)15-9-10-17(24-3)16(11-15)20(22)23/h5-12H,4H2,1-3H3,(H,19,21). The maximum atomic E-state index is 12.4. The average molecular weight is 344 g/mol. The van der Waals surface area contributed by atoms with Crippen molar-refractivity contribution in [3.63, 3.8) is 0 Å². The normalized spacial score (nSPS) is 11.8. The van der Waals surface area contributed by atoms with Gasteiger partial charge in [0.25, 0.3) is 11.6 Å². The van der Waals surface area contributed by atoms with Gasteiger partial charge in [0.05, 0.1) is 15.9 Å². The molecule has 0 saturated heterocycles. The molecule has 1 unspecified atom stereocenters. The first-order chi connectivity index (χ1) is 11.5. The number of nitrogens with one attached hydrogen (secondary N) is 1. The van der Waals surface area contributed by atoms with Crippen LogP contribution in [0.1, 0.15) is 41.4 Å². The van der Waals surface area contributed by atoms with Gasteiger partial charge in [0, 0.05) is 11.6 Å². The van der Waals surface area contributed by atoms with Crippen molar-refractivity contribution in [1.29, 1.82) is 0 Å². The summed E-state index contributed by atoms with van der Waals surface area (Å²) in [6.45, 7) is 3.98. The zero-order chi connectivity index (χ0) is 17.7. The van der Waals surface area contributed by atoms with Crippen LogP contribution in [-0.4, -0.2) is 17.1 Å². The van der Waals surface area contributed by atoms with Crippen LogP contribution in [0.3, 0.4) is 0 Å². The van der Waals surface area contributed by atoms with E-state index in [4.69, 9.17) is 0 Å². The molecule has 126 valence electrons. The lowest BCUT2D eigenvalue weighted by Crippen LogP contribution is -2.26. The van der Waals surface area contributed by atoms with Crippen LogP contribution in [-0.2, 0) is 6.42 Å². The van der Waals surface area contributed by atoms with Gasteiger partial charge in [-0.15, -0.1) is 11.8 Å². The molecule has 0 saturated carbocycles. The fourth-order valence-corrected chi connectivity index (χ4v) is 2.93. The number of nitrogens with zero attached hydrogens (tertiary/aromatic N) is 1. The van der Waals surface area contributed by atoms with Gasteiger partial charge in [0.2, 0.25) is 0 Å². The molecule has 5 nitrogen and oxygen atoms in total. The highest BCUT2D eigenvalue weighted by Gasteiger charge is 2.18. The number of carbonyl (C=O) groups excluding carboxylic acids is 1. The van der Waals surface area contributed by atoms with Crippen molar-refractivity contribution in [2.45, 2.75) is 31.2 Å². The fourth-order valence-electron chi connectivity index (χ4n) is 2.38. The minimum absolute atomic E-state index is 0.0462. The van der Waals surface area contributed by atoms with E-state index in [2.05, 4.69) is 12.2 Å². The molecule has 2 rings (SSSR count). The van der Waals surface area contributed by atoms with E-state index in [-0.39, 0.29) is 23.2 Å². The van der Waals surface area contributed by atoms with Crippen molar-refractivity contribution < 1.29 is 9.72 Å². The van der Waals surface area contributed by atoms with Crippen molar-refractivity contribution in [3.05, 3.63) is 69.3 Å². The van der Waals surface area contributed by atoms with Crippen molar-refractivity contribution in [2.24, 2.45) is 0 Å². The summed E-state index contributed by atoms with van der Waals surface area (Å²) in [6.07, 6.45) is 2.73. The molecule has 0 heterocycles. The summed E-state index contributed by atoms with van der Waals surface area (Å²) < 4.78 is 0. The highest BCUT2D eigenvalue weighted by atomic mass is 32.2. The van der Waals surface area contributed by atoms with Crippen molar-refractivity contribution >= 4 is 23.4 Å². The van der Waals surface area contributed by atoms with Crippen LogP contribution in [0, 0.1) is 10.1 Å². The topological polar surface area (TPSA) is 72.2 Å². The number of nitro groups is 1. The average Bonchev–Trinajstić information content (AvgIpc) is 2.60. The SMILES string of the molecule is CCc1ccc(C(C)NC(=O)c2ccc(SC)c([N+](=O)[O-])c2)cc1. The molecular formula is C18H20N2O3S. The fraction of sp³-hybridized carbons (Fsp3) is 0.278. The molecule has 24 heavy (non-hydrogen) atoms. The van der Waals surface area contributed by atoms with E-state index in [9.17, 15) is 14.9 Å².